The van der Waals surface area contributed by atoms with E-state index in [1.807, 2.05) is 6.07 Å². The summed E-state index contributed by atoms with van der Waals surface area (Å²) in [6, 6.07) is 10.3. The van der Waals surface area contributed by atoms with E-state index in [2.05, 4.69) is 44.6 Å². The molecule has 3 rings (SSSR count). The van der Waals surface area contributed by atoms with E-state index in [4.69, 9.17) is 0 Å². The fraction of sp³-hybridized carbons (Fsp3) is 0. The van der Waals surface area contributed by atoms with Crippen molar-refractivity contribution in [1.82, 2.24) is 4.98 Å². The molecule has 27 heavy (non-hydrogen) atoms. The number of hydrogen-bond acceptors (Lipinski definition) is 1. The Hall–Kier alpha value is -3.09. The maximum absolute atomic E-state index is 13.8. The molecule has 0 bridgehead atoms. The predicted molar refractivity (Wildman–Crippen MR) is 96.6 cm³/mol. The molecule has 6 heteroatoms. The first-order chi connectivity index (χ1) is 13.0. The molecule has 0 aliphatic rings. The number of nitrogens with zero attached hydrogens (tertiary/aromatic N) is 1. The summed E-state index contributed by atoms with van der Waals surface area (Å²) < 4.78 is 53.2. The Labute approximate surface area is 161 Å². The molecule has 0 unspecified atom stereocenters. The van der Waals surface area contributed by atoms with Crippen LogP contribution in [0.3, 0.4) is 0 Å². The second-order valence-electron chi connectivity index (χ2n) is 5.26. The Bertz CT molecular complexity index is 1090. The van der Waals surface area contributed by atoms with Crippen LogP contribution in [0.5, 0.6) is 0 Å². The molecule has 0 fully saturated rings. The van der Waals surface area contributed by atoms with Crippen LogP contribution < -0.4 is 0 Å². The van der Waals surface area contributed by atoms with Crippen molar-refractivity contribution in [2.75, 3.05) is 0 Å². The molecule has 3 aromatic rings. The van der Waals surface area contributed by atoms with Crippen molar-refractivity contribution < 1.29 is 17.6 Å². The molecular weight excluding hydrogens is 422 g/mol. The lowest BCUT2D eigenvalue weighted by molar-refractivity contribution is 0.405. The van der Waals surface area contributed by atoms with Gasteiger partial charge in [-0.3, -0.25) is 4.98 Å². The predicted octanol–water partition coefficient (Wildman–Crippen LogP) is 5.20. The van der Waals surface area contributed by atoms with Gasteiger partial charge < -0.3 is 0 Å². The van der Waals surface area contributed by atoms with Crippen LogP contribution in [0.25, 0.3) is 0 Å². The summed E-state index contributed by atoms with van der Waals surface area (Å²) in [5, 5.41) is 0. The van der Waals surface area contributed by atoms with Crippen molar-refractivity contribution in [1.29, 1.82) is 0 Å². The zero-order valence-electron chi connectivity index (χ0n) is 13.5. The third kappa shape index (κ3) is 4.19. The van der Waals surface area contributed by atoms with Crippen molar-refractivity contribution in [3.05, 3.63) is 98.8 Å². The van der Waals surface area contributed by atoms with Crippen LogP contribution in [-0.2, 0) is 0 Å². The lowest BCUT2D eigenvalue weighted by Crippen LogP contribution is -2.01. The second-order valence-corrected chi connectivity index (χ2v) is 6.06. The average molecular weight is 430 g/mol. The van der Waals surface area contributed by atoms with Crippen LogP contribution >= 0.6 is 15.9 Å². The van der Waals surface area contributed by atoms with Crippen molar-refractivity contribution >= 4 is 15.9 Å². The van der Waals surface area contributed by atoms with E-state index < -0.39 is 33.3 Å². The van der Waals surface area contributed by atoms with Crippen LogP contribution in [0.15, 0.2) is 53.3 Å². The molecule has 0 amide bonds. The molecule has 0 aliphatic heterocycles. The summed E-state index contributed by atoms with van der Waals surface area (Å²) in [4.78, 5) is 3.96. The third-order valence-corrected chi connectivity index (χ3v) is 4.18. The number of aromatic nitrogens is 1. The van der Waals surface area contributed by atoms with E-state index in [1.54, 1.807) is 42.7 Å². The topological polar surface area (TPSA) is 12.9 Å². The van der Waals surface area contributed by atoms with Gasteiger partial charge in [0.1, 0.15) is 0 Å². The van der Waals surface area contributed by atoms with Gasteiger partial charge in [-0.15, -0.1) is 0 Å². The van der Waals surface area contributed by atoms with Gasteiger partial charge in [0.05, 0.1) is 10.0 Å². The molecule has 1 aromatic heterocycles. The quantitative estimate of drug-likeness (QED) is 0.207. The first-order valence-electron chi connectivity index (χ1n) is 7.53. The van der Waals surface area contributed by atoms with Crippen molar-refractivity contribution in [2.45, 2.75) is 0 Å². The normalized spacial score (nSPS) is 9.81. The van der Waals surface area contributed by atoms with Crippen LogP contribution in [0, 0.1) is 47.0 Å². The Morgan fingerprint density at radius 3 is 1.81 bits per heavy atom. The highest BCUT2D eigenvalue weighted by Crippen LogP contribution is 2.28. The van der Waals surface area contributed by atoms with Crippen molar-refractivity contribution in [3.8, 4) is 23.7 Å². The zero-order valence-corrected chi connectivity index (χ0v) is 15.0. The first-order valence-corrected chi connectivity index (χ1v) is 8.32. The van der Waals surface area contributed by atoms with Crippen LogP contribution in [0.1, 0.15) is 22.3 Å². The van der Waals surface area contributed by atoms with E-state index in [0.717, 1.165) is 11.1 Å². The minimum absolute atomic E-state index is 0.471. The lowest BCUT2D eigenvalue weighted by Gasteiger charge is -2.03. The maximum atomic E-state index is 13.8. The highest BCUT2D eigenvalue weighted by atomic mass is 79.9. The summed E-state index contributed by atoms with van der Waals surface area (Å²) in [6.45, 7) is 0. The molecule has 0 spiro atoms. The highest BCUT2D eigenvalue weighted by Gasteiger charge is 2.22. The fourth-order valence-corrected chi connectivity index (χ4v) is 2.51. The number of pyridine rings is 1. The fourth-order valence-electron chi connectivity index (χ4n) is 2.07. The summed E-state index contributed by atoms with van der Waals surface area (Å²) in [5.74, 6) is 3.94. The molecule has 0 atom stereocenters. The molecule has 0 saturated carbocycles. The highest BCUT2D eigenvalue weighted by molar-refractivity contribution is 9.10. The van der Waals surface area contributed by atoms with E-state index >= 15 is 0 Å². The molecule has 0 aliphatic carbocycles. The minimum atomic E-state index is -1.90. The number of halogens is 5. The van der Waals surface area contributed by atoms with Gasteiger partial charge in [-0.1, -0.05) is 23.7 Å². The van der Waals surface area contributed by atoms with Gasteiger partial charge in [-0.25, -0.2) is 17.6 Å². The monoisotopic (exact) mass is 429 g/mol. The zero-order chi connectivity index (χ0) is 19.4. The number of rotatable bonds is 0. The third-order valence-electron chi connectivity index (χ3n) is 3.44. The summed E-state index contributed by atoms with van der Waals surface area (Å²) in [6.07, 6.45) is 3.29. The minimum Gasteiger partial charge on any atom is -0.263 e. The molecule has 132 valence electrons. The van der Waals surface area contributed by atoms with Gasteiger partial charge in [0.15, 0.2) is 23.3 Å². The first kappa shape index (κ1) is 18.7. The Morgan fingerprint density at radius 2 is 1.22 bits per heavy atom. The van der Waals surface area contributed by atoms with Gasteiger partial charge >= 0.3 is 0 Å². The Morgan fingerprint density at radius 1 is 0.667 bits per heavy atom. The van der Waals surface area contributed by atoms with Gasteiger partial charge in [0.25, 0.3) is 0 Å². The van der Waals surface area contributed by atoms with Gasteiger partial charge in [-0.05, 0) is 52.3 Å². The smallest absolute Gasteiger partial charge is 0.198 e. The summed E-state index contributed by atoms with van der Waals surface area (Å²) in [5.41, 5.74) is 1.36. The second kappa shape index (κ2) is 8.07. The Balaban J connectivity index is 1.86. The average Bonchev–Trinajstić information content (AvgIpc) is 2.71. The largest absolute Gasteiger partial charge is 0.263 e. The van der Waals surface area contributed by atoms with Crippen LogP contribution in [0.4, 0.5) is 17.6 Å². The Kier molecular flexibility index (Phi) is 5.59. The van der Waals surface area contributed by atoms with Crippen LogP contribution in [0.2, 0.25) is 0 Å². The molecular formula is C21H8BrF4N. The van der Waals surface area contributed by atoms with Crippen molar-refractivity contribution in [2.24, 2.45) is 0 Å². The number of benzene rings is 2. The molecule has 0 N–H and O–H groups in total. The maximum Gasteiger partial charge on any atom is 0.198 e. The van der Waals surface area contributed by atoms with Crippen LogP contribution in [-0.4, -0.2) is 4.98 Å². The molecule has 1 nitrogen and oxygen atoms in total. The lowest BCUT2D eigenvalue weighted by atomic mass is 10.1. The molecule has 2 aromatic carbocycles. The van der Waals surface area contributed by atoms with E-state index in [9.17, 15) is 17.6 Å². The van der Waals surface area contributed by atoms with E-state index in [0.29, 0.717) is 5.56 Å². The van der Waals surface area contributed by atoms with E-state index in [1.165, 1.54) is 0 Å². The van der Waals surface area contributed by atoms with Gasteiger partial charge in [-0.2, -0.15) is 0 Å². The van der Waals surface area contributed by atoms with Crippen molar-refractivity contribution in [3.63, 3.8) is 0 Å². The summed E-state index contributed by atoms with van der Waals surface area (Å²) in [7, 11) is 0. The number of hydrogen-bond donors (Lipinski definition) is 0. The van der Waals surface area contributed by atoms with E-state index in [-0.39, 0.29) is 0 Å². The molecule has 0 radical (unpaired) electrons. The summed E-state index contributed by atoms with van der Waals surface area (Å²) >= 11 is 2.70. The molecule has 0 saturated heterocycles. The standard InChI is InChI=1S/C21H8BrF4N/c22-17-16(18(23)20(25)21(26)19(17)24)10-9-14-5-3-13(4-6-14)7-8-15-2-1-11-27-12-15/h1-6,11-12H. The van der Waals surface area contributed by atoms with Gasteiger partial charge in [0, 0.05) is 29.1 Å². The SMILES string of the molecule is Fc1c(F)c(F)c(C#Cc2ccc(C#Cc3cccnc3)cc2)c(Br)c1F. The molecule has 1 heterocycles. The van der Waals surface area contributed by atoms with Gasteiger partial charge in [0.2, 0.25) is 0 Å².